The number of guanidine groups is 1. The van der Waals surface area contributed by atoms with Gasteiger partial charge in [-0.25, -0.2) is 4.68 Å². The van der Waals surface area contributed by atoms with Crippen LogP contribution in [0.15, 0.2) is 47.7 Å². The Balaban J connectivity index is 0.00000306. The Kier molecular flexibility index (Phi) is 10.9. The first-order chi connectivity index (χ1) is 15.8. The van der Waals surface area contributed by atoms with Crippen molar-refractivity contribution in [3.63, 3.8) is 0 Å². The van der Waals surface area contributed by atoms with E-state index < -0.39 is 0 Å². The third-order valence-corrected chi connectivity index (χ3v) is 6.19. The van der Waals surface area contributed by atoms with E-state index >= 15 is 0 Å². The Labute approximate surface area is 214 Å². The molecule has 1 N–H and O–H groups in total. The lowest BCUT2D eigenvalue weighted by molar-refractivity contribution is -0.0721. The van der Waals surface area contributed by atoms with Crippen LogP contribution in [-0.2, 0) is 15.9 Å². The first-order valence-corrected chi connectivity index (χ1v) is 12.2. The molecule has 2 aliphatic rings. The number of halogens is 1. The van der Waals surface area contributed by atoms with E-state index in [4.69, 9.17) is 14.5 Å². The molecule has 0 bridgehead atoms. The third-order valence-electron chi connectivity index (χ3n) is 6.19. The van der Waals surface area contributed by atoms with Crippen LogP contribution in [0.1, 0.15) is 44.6 Å². The normalized spacial score (nSPS) is 19.8. The van der Waals surface area contributed by atoms with Crippen LogP contribution in [-0.4, -0.2) is 72.2 Å². The Bertz CT molecular complexity index is 830. The maximum absolute atomic E-state index is 6.17. The molecule has 1 unspecified atom stereocenters. The van der Waals surface area contributed by atoms with Crippen molar-refractivity contribution in [2.45, 2.75) is 57.7 Å². The van der Waals surface area contributed by atoms with E-state index in [2.05, 4.69) is 40.6 Å². The van der Waals surface area contributed by atoms with Gasteiger partial charge in [0.15, 0.2) is 5.96 Å². The minimum absolute atomic E-state index is 0. The van der Waals surface area contributed by atoms with Gasteiger partial charge in [0.05, 0.1) is 30.7 Å². The Morgan fingerprint density at radius 2 is 2.00 bits per heavy atom. The summed E-state index contributed by atoms with van der Waals surface area (Å²) in [6.45, 7) is 7.34. The van der Waals surface area contributed by atoms with Gasteiger partial charge >= 0.3 is 0 Å². The number of likely N-dealkylation sites (tertiary alicyclic amines) is 1. The number of piperidine rings is 1. The SMILES string of the molecule is CCNC(=NCCc1cnn(-c2ccccc2)c1)N1CCC(OCC2CCCCO2)CC1.I. The van der Waals surface area contributed by atoms with Crippen LogP contribution >= 0.6 is 24.0 Å². The van der Waals surface area contributed by atoms with Crippen LogP contribution in [0.4, 0.5) is 0 Å². The van der Waals surface area contributed by atoms with Crippen LogP contribution in [0.3, 0.4) is 0 Å². The number of para-hydroxylation sites is 1. The molecular weight excluding hydrogens is 529 g/mol. The largest absolute Gasteiger partial charge is 0.376 e. The summed E-state index contributed by atoms with van der Waals surface area (Å²) < 4.78 is 13.9. The smallest absolute Gasteiger partial charge is 0.193 e. The van der Waals surface area contributed by atoms with E-state index in [1.807, 2.05) is 29.1 Å². The number of nitrogens with zero attached hydrogens (tertiary/aromatic N) is 4. The van der Waals surface area contributed by atoms with Crippen molar-refractivity contribution in [3.8, 4) is 5.69 Å². The van der Waals surface area contributed by atoms with E-state index in [1.165, 1.54) is 18.4 Å². The fourth-order valence-electron chi connectivity index (χ4n) is 4.34. The minimum atomic E-state index is 0. The van der Waals surface area contributed by atoms with Gasteiger partial charge < -0.3 is 19.7 Å². The molecule has 0 spiro atoms. The lowest BCUT2D eigenvalue weighted by atomic mass is 10.1. The molecule has 0 aliphatic carbocycles. The summed E-state index contributed by atoms with van der Waals surface area (Å²) in [5.74, 6) is 1.01. The quantitative estimate of drug-likeness (QED) is 0.297. The number of rotatable bonds is 8. The maximum atomic E-state index is 6.17. The molecule has 1 aromatic heterocycles. The Morgan fingerprint density at radius 1 is 1.18 bits per heavy atom. The molecule has 0 radical (unpaired) electrons. The third kappa shape index (κ3) is 7.96. The number of benzene rings is 1. The number of aromatic nitrogens is 2. The fourth-order valence-corrected chi connectivity index (χ4v) is 4.34. The van der Waals surface area contributed by atoms with Crippen LogP contribution in [0, 0.1) is 0 Å². The second-order valence-corrected chi connectivity index (χ2v) is 8.62. The highest BCUT2D eigenvalue weighted by Gasteiger charge is 2.23. The van der Waals surface area contributed by atoms with Crippen molar-refractivity contribution in [3.05, 3.63) is 48.3 Å². The summed E-state index contributed by atoms with van der Waals surface area (Å²) >= 11 is 0. The molecule has 4 rings (SSSR count). The molecule has 7 nitrogen and oxygen atoms in total. The summed E-state index contributed by atoms with van der Waals surface area (Å²) in [6, 6.07) is 10.2. The van der Waals surface area contributed by atoms with Gasteiger partial charge in [-0.3, -0.25) is 4.99 Å². The molecule has 1 aromatic carbocycles. The van der Waals surface area contributed by atoms with Gasteiger partial charge in [0.1, 0.15) is 0 Å². The highest BCUT2D eigenvalue weighted by molar-refractivity contribution is 14.0. The standard InChI is InChI=1S/C25H37N5O2.HI/c1-2-26-25(27-14-11-21-18-28-30(19-21)22-8-4-3-5-9-22)29-15-12-23(13-16-29)32-20-24-10-6-7-17-31-24;/h3-5,8-9,18-19,23-24H,2,6-7,10-17,20H2,1H3,(H,26,27);1H. The van der Waals surface area contributed by atoms with Gasteiger partial charge in [0.25, 0.3) is 0 Å². The summed E-state index contributed by atoms with van der Waals surface area (Å²) in [4.78, 5) is 7.26. The van der Waals surface area contributed by atoms with Crippen molar-refractivity contribution in [1.29, 1.82) is 0 Å². The predicted molar refractivity (Wildman–Crippen MR) is 143 cm³/mol. The van der Waals surface area contributed by atoms with E-state index in [0.29, 0.717) is 12.2 Å². The predicted octanol–water partition coefficient (Wildman–Crippen LogP) is 4.05. The van der Waals surface area contributed by atoms with Crippen molar-refractivity contribution in [1.82, 2.24) is 20.0 Å². The molecule has 2 fully saturated rings. The molecule has 2 saturated heterocycles. The molecule has 33 heavy (non-hydrogen) atoms. The molecule has 0 amide bonds. The number of ether oxygens (including phenoxy) is 2. The average Bonchev–Trinajstić information content (AvgIpc) is 3.33. The molecule has 1 atom stereocenters. The van der Waals surface area contributed by atoms with Gasteiger partial charge in [0.2, 0.25) is 0 Å². The zero-order valence-electron chi connectivity index (χ0n) is 19.7. The van der Waals surface area contributed by atoms with Crippen LogP contribution in [0.25, 0.3) is 5.69 Å². The van der Waals surface area contributed by atoms with Gasteiger partial charge in [-0.15, -0.1) is 24.0 Å². The van der Waals surface area contributed by atoms with Crippen LogP contribution in [0.5, 0.6) is 0 Å². The van der Waals surface area contributed by atoms with Crippen LogP contribution < -0.4 is 5.32 Å². The lowest BCUT2D eigenvalue weighted by Gasteiger charge is -2.35. The Hall–Kier alpha value is -1.65. The number of aliphatic imine (C=N–C) groups is 1. The molecular formula is C25H38IN5O2. The zero-order chi connectivity index (χ0) is 22.0. The molecule has 8 heteroatoms. The summed E-state index contributed by atoms with van der Waals surface area (Å²) in [6.07, 6.45) is 11.2. The fraction of sp³-hybridized carbons (Fsp3) is 0.600. The molecule has 2 aliphatic heterocycles. The Morgan fingerprint density at radius 3 is 2.73 bits per heavy atom. The van der Waals surface area contributed by atoms with E-state index in [1.54, 1.807) is 0 Å². The minimum Gasteiger partial charge on any atom is -0.376 e. The van der Waals surface area contributed by atoms with Crippen molar-refractivity contribution in [2.75, 3.05) is 39.4 Å². The van der Waals surface area contributed by atoms with E-state index in [-0.39, 0.29) is 24.0 Å². The summed E-state index contributed by atoms with van der Waals surface area (Å²) in [5, 5.41) is 7.95. The maximum Gasteiger partial charge on any atom is 0.193 e. The first-order valence-electron chi connectivity index (χ1n) is 12.2. The van der Waals surface area contributed by atoms with Gasteiger partial charge in [-0.1, -0.05) is 18.2 Å². The van der Waals surface area contributed by atoms with Crippen LogP contribution in [0.2, 0.25) is 0 Å². The number of nitrogens with one attached hydrogen (secondary N) is 1. The first kappa shape index (κ1) is 26.0. The number of hydrogen-bond donors (Lipinski definition) is 1. The molecule has 182 valence electrons. The number of hydrogen-bond acceptors (Lipinski definition) is 4. The molecule has 2 aromatic rings. The van der Waals surface area contributed by atoms with Crippen molar-refractivity contribution in [2.24, 2.45) is 4.99 Å². The van der Waals surface area contributed by atoms with Crippen molar-refractivity contribution < 1.29 is 9.47 Å². The lowest BCUT2D eigenvalue weighted by Crippen LogP contribution is -2.47. The monoisotopic (exact) mass is 567 g/mol. The summed E-state index contributed by atoms with van der Waals surface area (Å²) in [5.41, 5.74) is 2.28. The second-order valence-electron chi connectivity index (χ2n) is 8.62. The summed E-state index contributed by atoms with van der Waals surface area (Å²) in [7, 11) is 0. The topological polar surface area (TPSA) is 63.9 Å². The second kappa shape index (κ2) is 13.9. The zero-order valence-corrected chi connectivity index (χ0v) is 22.0. The van der Waals surface area contributed by atoms with Gasteiger partial charge in [-0.05, 0) is 63.1 Å². The van der Waals surface area contributed by atoms with Crippen molar-refractivity contribution >= 4 is 29.9 Å². The molecule has 3 heterocycles. The highest BCUT2D eigenvalue weighted by atomic mass is 127. The van der Waals surface area contributed by atoms with E-state index in [9.17, 15) is 0 Å². The average molecular weight is 568 g/mol. The van der Waals surface area contributed by atoms with Gasteiger partial charge in [0, 0.05) is 39.0 Å². The molecule has 0 saturated carbocycles. The van der Waals surface area contributed by atoms with Gasteiger partial charge in [-0.2, -0.15) is 5.10 Å². The highest BCUT2D eigenvalue weighted by Crippen LogP contribution is 2.18. The van der Waals surface area contributed by atoms with E-state index in [0.717, 1.165) is 76.7 Å².